The number of anilines is 2. The minimum Gasteiger partial charge on any atom is -0.476 e. The number of hydrogen-bond donors (Lipinski definition) is 2. The molecule has 0 bridgehead atoms. The Morgan fingerprint density at radius 2 is 2.00 bits per heavy atom. The second kappa shape index (κ2) is 6.70. The van der Waals surface area contributed by atoms with Crippen LogP contribution in [0.15, 0.2) is 54.7 Å². The van der Waals surface area contributed by atoms with E-state index in [0.717, 1.165) is 10.4 Å². The smallest absolute Gasteiger partial charge is 0.357 e. The first-order chi connectivity index (χ1) is 12.6. The Labute approximate surface area is 157 Å². The van der Waals surface area contributed by atoms with Crippen LogP contribution in [0.5, 0.6) is 0 Å². The molecule has 0 unspecified atom stereocenters. The van der Waals surface area contributed by atoms with Crippen LogP contribution >= 0.6 is 22.9 Å². The van der Waals surface area contributed by atoms with Crippen molar-refractivity contribution in [3.8, 4) is 10.4 Å². The van der Waals surface area contributed by atoms with Crippen molar-refractivity contribution in [2.24, 2.45) is 0 Å². The molecule has 6 nitrogen and oxygen atoms in total. The number of rotatable bonds is 4. The maximum absolute atomic E-state index is 11.5. The van der Waals surface area contributed by atoms with E-state index in [9.17, 15) is 9.90 Å². The maximum atomic E-state index is 11.5. The average Bonchev–Trinajstić information content (AvgIpc) is 3.08. The second-order valence-corrected chi connectivity index (χ2v) is 6.89. The molecule has 0 fully saturated rings. The monoisotopic (exact) mass is 382 g/mol. The van der Waals surface area contributed by atoms with Gasteiger partial charge in [-0.2, -0.15) is 0 Å². The number of fused-ring (bicyclic) bond motifs is 1. The highest BCUT2D eigenvalue weighted by atomic mass is 35.5. The summed E-state index contributed by atoms with van der Waals surface area (Å²) in [5.41, 5.74) is 0.823. The number of nitrogens with zero attached hydrogens (tertiary/aromatic N) is 3. The minimum atomic E-state index is -1.12. The number of nitrogens with one attached hydrogen (secondary N) is 1. The molecule has 8 heteroatoms. The lowest BCUT2D eigenvalue weighted by Gasteiger charge is -2.05. The number of halogens is 1. The molecule has 0 radical (unpaired) electrons. The van der Waals surface area contributed by atoms with Crippen LogP contribution in [-0.2, 0) is 0 Å². The largest absolute Gasteiger partial charge is 0.476 e. The predicted molar refractivity (Wildman–Crippen MR) is 102 cm³/mol. The number of benzene rings is 1. The molecule has 3 aromatic heterocycles. The van der Waals surface area contributed by atoms with E-state index in [0.29, 0.717) is 26.7 Å². The van der Waals surface area contributed by atoms with E-state index >= 15 is 0 Å². The molecule has 0 aliphatic carbocycles. The number of carboxylic acids is 1. The molecule has 0 spiro atoms. The molecule has 2 N–H and O–H groups in total. The Morgan fingerprint density at radius 1 is 1.12 bits per heavy atom. The summed E-state index contributed by atoms with van der Waals surface area (Å²) < 4.78 is 0.543. The van der Waals surface area contributed by atoms with Crippen molar-refractivity contribution in [1.29, 1.82) is 0 Å². The Balaban J connectivity index is 1.88. The summed E-state index contributed by atoms with van der Waals surface area (Å²) in [5.74, 6) is -0.0683. The Bertz CT molecular complexity index is 1110. The fourth-order valence-corrected chi connectivity index (χ4v) is 3.84. The lowest BCUT2D eigenvalue weighted by Crippen LogP contribution is -2.05. The summed E-state index contributed by atoms with van der Waals surface area (Å²) in [6.45, 7) is 0. The van der Waals surface area contributed by atoms with Gasteiger partial charge in [0.1, 0.15) is 5.82 Å². The van der Waals surface area contributed by atoms with Gasteiger partial charge in [0.15, 0.2) is 11.5 Å². The van der Waals surface area contributed by atoms with E-state index in [4.69, 9.17) is 11.6 Å². The van der Waals surface area contributed by atoms with Crippen LogP contribution < -0.4 is 5.32 Å². The third kappa shape index (κ3) is 3.10. The van der Waals surface area contributed by atoms with Gasteiger partial charge < -0.3 is 10.4 Å². The van der Waals surface area contributed by atoms with Crippen molar-refractivity contribution >= 4 is 50.6 Å². The van der Waals surface area contributed by atoms with Crippen LogP contribution in [-0.4, -0.2) is 26.3 Å². The first kappa shape index (κ1) is 16.4. The van der Waals surface area contributed by atoms with Crippen LogP contribution in [0.25, 0.3) is 20.5 Å². The summed E-state index contributed by atoms with van der Waals surface area (Å²) in [4.78, 5) is 16.6. The number of carboxylic acid groups (broad SMARTS) is 1. The van der Waals surface area contributed by atoms with Gasteiger partial charge in [0.2, 0.25) is 0 Å². The molecule has 4 aromatic rings. The van der Waals surface area contributed by atoms with Gasteiger partial charge in [-0.3, -0.25) is 0 Å². The van der Waals surface area contributed by atoms with Crippen molar-refractivity contribution in [1.82, 2.24) is 15.2 Å². The summed E-state index contributed by atoms with van der Waals surface area (Å²) in [6, 6.07) is 14.7. The average molecular weight is 383 g/mol. The molecule has 0 saturated heterocycles. The number of aromatic carboxylic acids is 1. The van der Waals surface area contributed by atoms with Crippen molar-refractivity contribution < 1.29 is 9.90 Å². The van der Waals surface area contributed by atoms with E-state index in [1.165, 1.54) is 11.3 Å². The fourth-order valence-electron chi connectivity index (χ4n) is 2.52. The van der Waals surface area contributed by atoms with Crippen molar-refractivity contribution in [3.05, 3.63) is 65.4 Å². The summed E-state index contributed by atoms with van der Waals surface area (Å²) >= 11 is 7.42. The molecule has 26 heavy (non-hydrogen) atoms. The Hall–Kier alpha value is -3.03. The Kier molecular flexibility index (Phi) is 4.24. The molecule has 0 saturated carbocycles. The number of aromatic nitrogens is 3. The zero-order valence-corrected chi connectivity index (χ0v) is 14.8. The molecule has 0 amide bonds. The standard InChI is InChI=1S/C18H11ClN4O2S/c19-11-5-3-4-10(8-11)13-9-12-16(26-13)15(18(24)25)22-23-17(12)21-14-6-1-2-7-20-14/h1-9H,(H,24,25)(H,20,21,23). The van der Waals surface area contributed by atoms with Crippen molar-refractivity contribution in [2.45, 2.75) is 0 Å². The second-order valence-electron chi connectivity index (χ2n) is 5.41. The number of hydrogen-bond acceptors (Lipinski definition) is 6. The van der Waals surface area contributed by atoms with Gasteiger partial charge in [0.05, 0.1) is 4.70 Å². The number of thiophene rings is 1. The zero-order valence-electron chi connectivity index (χ0n) is 13.2. The molecule has 3 heterocycles. The van der Waals surface area contributed by atoms with Gasteiger partial charge >= 0.3 is 5.97 Å². The van der Waals surface area contributed by atoms with E-state index in [1.54, 1.807) is 18.3 Å². The quantitative estimate of drug-likeness (QED) is 0.524. The van der Waals surface area contributed by atoms with Gasteiger partial charge in [-0.1, -0.05) is 29.8 Å². The van der Waals surface area contributed by atoms with Gasteiger partial charge in [-0.15, -0.1) is 21.5 Å². The van der Waals surface area contributed by atoms with E-state index in [-0.39, 0.29) is 5.69 Å². The highest BCUT2D eigenvalue weighted by Crippen LogP contribution is 2.38. The normalized spacial score (nSPS) is 10.8. The van der Waals surface area contributed by atoms with Crippen LogP contribution in [0.3, 0.4) is 0 Å². The Morgan fingerprint density at radius 3 is 2.73 bits per heavy atom. The van der Waals surface area contributed by atoms with Gasteiger partial charge in [0.25, 0.3) is 0 Å². The lowest BCUT2D eigenvalue weighted by atomic mass is 10.1. The van der Waals surface area contributed by atoms with Crippen LogP contribution in [0.2, 0.25) is 5.02 Å². The first-order valence-corrected chi connectivity index (χ1v) is 8.79. The van der Waals surface area contributed by atoms with E-state index in [2.05, 4.69) is 20.5 Å². The van der Waals surface area contributed by atoms with Crippen LogP contribution in [0, 0.1) is 0 Å². The number of carbonyl (C=O) groups is 1. The topological polar surface area (TPSA) is 88.0 Å². The molecular formula is C18H11ClN4O2S. The zero-order chi connectivity index (χ0) is 18.1. The van der Waals surface area contributed by atoms with Crippen molar-refractivity contribution in [2.75, 3.05) is 5.32 Å². The molecule has 1 aromatic carbocycles. The summed E-state index contributed by atoms with van der Waals surface area (Å²) in [7, 11) is 0. The first-order valence-electron chi connectivity index (χ1n) is 7.59. The van der Waals surface area contributed by atoms with Crippen LogP contribution in [0.1, 0.15) is 10.5 Å². The SMILES string of the molecule is O=C(O)c1nnc(Nc2ccccn2)c2cc(-c3cccc(Cl)c3)sc12. The van der Waals surface area contributed by atoms with Gasteiger partial charge in [-0.25, -0.2) is 9.78 Å². The molecule has 128 valence electrons. The fraction of sp³-hybridized carbons (Fsp3) is 0. The minimum absolute atomic E-state index is 0.0788. The molecule has 0 atom stereocenters. The van der Waals surface area contributed by atoms with E-state index in [1.807, 2.05) is 36.4 Å². The summed E-state index contributed by atoms with van der Waals surface area (Å²) in [6.07, 6.45) is 1.66. The molecular weight excluding hydrogens is 372 g/mol. The van der Waals surface area contributed by atoms with Crippen molar-refractivity contribution in [3.63, 3.8) is 0 Å². The van der Waals surface area contributed by atoms with Gasteiger partial charge in [0, 0.05) is 21.5 Å². The lowest BCUT2D eigenvalue weighted by molar-refractivity contribution is 0.0692. The number of pyridine rings is 1. The molecule has 0 aliphatic rings. The van der Waals surface area contributed by atoms with E-state index < -0.39 is 5.97 Å². The third-order valence-corrected chi connectivity index (χ3v) is 5.10. The maximum Gasteiger partial charge on any atom is 0.357 e. The predicted octanol–water partition coefficient (Wildman–Crippen LogP) is 4.85. The highest BCUT2D eigenvalue weighted by molar-refractivity contribution is 7.22. The molecule has 0 aliphatic heterocycles. The molecule has 4 rings (SSSR count). The van der Waals surface area contributed by atoms with Gasteiger partial charge in [-0.05, 0) is 35.9 Å². The summed E-state index contributed by atoms with van der Waals surface area (Å²) in [5, 5.41) is 21.7. The third-order valence-electron chi connectivity index (χ3n) is 3.68. The highest BCUT2D eigenvalue weighted by Gasteiger charge is 2.19. The van der Waals surface area contributed by atoms with Crippen LogP contribution in [0.4, 0.5) is 11.6 Å².